The van der Waals surface area contributed by atoms with Crippen LogP contribution < -0.4 is 5.63 Å². The molecule has 0 saturated carbocycles. The molecule has 3 nitrogen and oxygen atoms in total. The van der Waals surface area contributed by atoms with Gasteiger partial charge in [-0.1, -0.05) is 30.3 Å². The molecule has 0 N–H and O–H groups in total. The van der Waals surface area contributed by atoms with E-state index in [2.05, 4.69) is 4.98 Å². The SMILES string of the molecule is O=c1oc(-c2ccccc2)cc2cnccc12. The molecule has 82 valence electrons. The van der Waals surface area contributed by atoms with Crippen LogP contribution in [0.25, 0.3) is 22.1 Å². The minimum atomic E-state index is -0.330. The largest absolute Gasteiger partial charge is 0.422 e. The van der Waals surface area contributed by atoms with E-state index in [4.69, 9.17) is 4.42 Å². The Kier molecular flexibility index (Phi) is 2.22. The van der Waals surface area contributed by atoms with E-state index in [0.717, 1.165) is 10.9 Å². The molecule has 0 aliphatic carbocycles. The molecule has 17 heavy (non-hydrogen) atoms. The van der Waals surface area contributed by atoms with E-state index in [1.54, 1.807) is 18.5 Å². The third-order valence-electron chi connectivity index (χ3n) is 2.62. The van der Waals surface area contributed by atoms with E-state index in [-0.39, 0.29) is 5.63 Å². The number of hydrogen-bond donors (Lipinski definition) is 0. The smallest absolute Gasteiger partial charge is 0.344 e. The number of pyridine rings is 1. The summed E-state index contributed by atoms with van der Waals surface area (Å²) in [6, 6.07) is 13.0. The first-order valence-electron chi connectivity index (χ1n) is 5.28. The Morgan fingerprint density at radius 3 is 2.71 bits per heavy atom. The minimum absolute atomic E-state index is 0.330. The van der Waals surface area contributed by atoms with Crippen LogP contribution >= 0.6 is 0 Å². The highest BCUT2D eigenvalue weighted by Crippen LogP contribution is 2.20. The van der Waals surface area contributed by atoms with Gasteiger partial charge in [0.25, 0.3) is 0 Å². The van der Waals surface area contributed by atoms with Gasteiger partial charge >= 0.3 is 5.63 Å². The predicted octanol–water partition coefficient (Wildman–Crippen LogP) is 2.86. The average molecular weight is 223 g/mol. The first-order valence-corrected chi connectivity index (χ1v) is 5.28. The molecule has 3 heteroatoms. The molecule has 3 rings (SSSR count). The van der Waals surface area contributed by atoms with Crippen LogP contribution in [-0.4, -0.2) is 4.98 Å². The van der Waals surface area contributed by atoms with Crippen molar-refractivity contribution >= 4 is 10.8 Å². The van der Waals surface area contributed by atoms with Gasteiger partial charge in [-0.25, -0.2) is 4.79 Å². The molecule has 0 unspecified atom stereocenters. The predicted molar refractivity (Wildman–Crippen MR) is 65.7 cm³/mol. The van der Waals surface area contributed by atoms with Gasteiger partial charge < -0.3 is 4.42 Å². The summed E-state index contributed by atoms with van der Waals surface area (Å²) < 4.78 is 5.29. The zero-order valence-corrected chi connectivity index (χ0v) is 8.96. The molecule has 0 aliphatic heterocycles. The second kappa shape index (κ2) is 3.87. The van der Waals surface area contributed by atoms with Crippen molar-refractivity contribution in [1.82, 2.24) is 4.98 Å². The number of aromatic nitrogens is 1. The third-order valence-corrected chi connectivity index (χ3v) is 2.62. The summed E-state index contributed by atoms with van der Waals surface area (Å²) in [5.74, 6) is 0.566. The topological polar surface area (TPSA) is 43.1 Å². The Morgan fingerprint density at radius 2 is 1.88 bits per heavy atom. The number of fused-ring (bicyclic) bond motifs is 1. The fraction of sp³-hybridized carbons (Fsp3) is 0. The van der Waals surface area contributed by atoms with E-state index in [1.807, 2.05) is 36.4 Å². The summed E-state index contributed by atoms with van der Waals surface area (Å²) in [7, 11) is 0. The lowest BCUT2D eigenvalue weighted by Crippen LogP contribution is -2.00. The normalized spacial score (nSPS) is 10.6. The number of benzene rings is 1. The maximum atomic E-state index is 11.8. The highest BCUT2D eigenvalue weighted by Gasteiger charge is 2.05. The number of hydrogen-bond acceptors (Lipinski definition) is 3. The zero-order chi connectivity index (χ0) is 11.7. The van der Waals surface area contributed by atoms with E-state index in [0.29, 0.717) is 11.1 Å². The summed E-state index contributed by atoms with van der Waals surface area (Å²) in [5.41, 5.74) is 0.555. The third kappa shape index (κ3) is 1.72. The van der Waals surface area contributed by atoms with Gasteiger partial charge in [-0.2, -0.15) is 0 Å². The van der Waals surface area contributed by atoms with E-state index >= 15 is 0 Å². The Labute approximate surface area is 97.4 Å². The first kappa shape index (κ1) is 9.78. The Hall–Kier alpha value is -2.42. The van der Waals surface area contributed by atoms with Gasteiger partial charge in [0.1, 0.15) is 5.76 Å². The lowest BCUT2D eigenvalue weighted by Gasteiger charge is -2.01. The molecule has 2 heterocycles. The van der Waals surface area contributed by atoms with Gasteiger partial charge in [-0.15, -0.1) is 0 Å². The second-order valence-corrected chi connectivity index (χ2v) is 3.73. The molecule has 0 saturated heterocycles. The van der Waals surface area contributed by atoms with Crippen LogP contribution in [0.1, 0.15) is 0 Å². The second-order valence-electron chi connectivity index (χ2n) is 3.73. The maximum absolute atomic E-state index is 11.8. The summed E-state index contributed by atoms with van der Waals surface area (Å²) in [4.78, 5) is 15.8. The average Bonchev–Trinajstić information content (AvgIpc) is 2.40. The van der Waals surface area contributed by atoms with Crippen molar-refractivity contribution in [3.63, 3.8) is 0 Å². The van der Waals surface area contributed by atoms with Crippen LogP contribution in [0.5, 0.6) is 0 Å². The monoisotopic (exact) mass is 223 g/mol. The molecule has 0 bridgehead atoms. The van der Waals surface area contributed by atoms with E-state index < -0.39 is 0 Å². The Morgan fingerprint density at radius 1 is 1.06 bits per heavy atom. The molecule has 0 radical (unpaired) electrons. The standard InChI is InChI=1S/C14H9NO2/c16-14-12-6-7-15-9-11(12)8-13(17-14)10-4-2-1-3-5-10/h1-9H. The van der Waals surface area contributed by atoms with Gasteiger partial charge in [-0.3, -0.25) is 4.98 Å². The molecule has 0 fully saturated rings. The summed E-state index contributed by atoms with van der Waals surface area (Å²) >= 11 is 0. The van der Waals surface area contributed by atoms with Crippen molar-refractivity contribution in [3.8, 4) is 11.3 Å². The maximum Gasteiger partial charge on any atom is 0.344 e. The molecule has 0 amide bonds. The van der Waals surface area contributed by atoms with Crippen LogP contribution in [0.15, 0.2) is 64.1 Å². The lowest BCUT2D eigenvalue weighted by atomic mass is 10.1. The van der Waals surface area contributed by atoms with Crippen molar-refractivity contribution < 1.29 is 4.42 Å². The van der Waals surface area contributed by atoms with Crippen LogP contribution in [0.3, 0.4) is 0 Å². The molecule has 1 aromatic carbocycles. The van der Waals surface area contributed by atoms with Crippen molar-refractivity contribution in [2.75, 3.05) is 0 Å². The van der Waals surface area contributed by atoms with Gasteiger partial charge in [0.15, 0.2) is 0 Å². The molecular formula is C14H9NO2. The summed E-state index contributed by atoms with van der Waals surface area (Å²) in [6.45, 7) is 0. The quantitative estimate of drug-likeness (QED) is 0.637. The highest BCUT2D eigenvalue weighted by atomic mass is 16.4. The zero-order valence-electron chi connectivity index (χ0n) is 8.96. The van der Waals surface area contributed by atoms with Crippen LogP contribution in [0.4, 0.5) is 0 Å². The molecule has 0 spiro atoms. The number of nitrogens with zero attached hydrogens (tertiary/aromatic N) is 1. The first-order chi connectivity index (χ1) is 8.34. The van der Waals surface area contributed by atoms with Crippen molar-refractivity contribution in [2.45, 2.75) is 0 Å². The fourth-order valence-corrected chi connectivity index (χ4v) is 1.78. The van der Waals surface area contributed by atoms with Gasteiger partial charge in [-0.05, 0) is 12.1 Å². The minimum Gasteiger partial charge on any atom is -0.422 e. The summed E-state index contributed by atoms with van der Waals surface area (Å²) in [5, 5.41) is 1.35. The van der Waals surface area contributed by atoms with Gasteiger partial charge in [0, 0.05) is 23.3 Å². The van der Waals surface area contributed by atoms with Gasteiger partial charge in [0.2, 0.25) is 0 Å². The lowest BCUT2D eigenvalue weighted by molar-refractivity contribution is 0.534. The Balaban J connectivity index is 2.30. The molecule has 0 atom stereocenters. The van der Waals surface area contributed by atoms with E-state index in [9.17, 15) is 4.79 Å². The van der Waals surface area contributed by atoms with E-state index in [1.165, 1.54) is 0 Å². The van der Waals surface area contributed by atoms with Crippen LogP contribution in [0.2, 0.25) is 0 Å². The highest BCUT2D eigenvalue weighted by molar-refractivity contribution is 5.83. The molecule has 2 aromatic heterocycles. The van der Waals surface area contributed by atoms with Crippen molar-refractivity contribution in [1.29, 1.82) is 0 Å². The van der Waals surface area contributed by atoms with Crippen LogP contribution in [0, 0.1) is 0 Å². The molecule has 3 aromatic rings. The Bertz CT molecular complexity index is 717. The van der Waals surface area contributed by atoms with Crippen molar-refractivity contribution in [3.05, 3.63) is 65.3 Å². The fourth-order valence-electron chi connectivity index (χ4n) is 1.78. The van der Waals surface area contributed by atoms with Gasteiger partial charge in [0.05, 0.1) is 5.39 Å². The van der Waals surface area contributed by atoms with Crippen LogP contribution in [-0.2, 0) is 0 Å². The molecular weight excluding hydrogens is 214 g/mol. The summed E-state index contributed by atoms with van der Waals surface area (Å²) in [6.07, 6.45) is 3.25. The van der Waals surface area contributed by atoms with Crippen molar-refractivity contribution in [2.24, 2.45) is 0 Å². The number of rotatable bonds is 1. The molecule has 0 aliphatic rings.